The minimum atomic E-state index is -4.15. The Bertz CT molecular complexity index is 3400. The largest absolute Gasteiger partial charge is 0.477 e. The summed E-state index contributed by atoms with van der Waals surface area (Å²) in [6.07, 6.45) is -3.27. The zero-order chi connectivity index (χ0) is 58.3. The van der Waals surface area contributed by atoms with Crippen molar-refractivity contribution in [2.24, 2.45) is 23.7 Å². The van der Waals surface area contributed by atoms with Crippen molar-refractivity contribution in [2.75, 3.05) is 31.3 Å². The van der Waals surface area contributed by atoms with Gasteiger partial charge in [-0.15, -0.1) is 0 Å². The van der Waals surface area contributed by atoms with Gasteiger partial charge in [0.2, 0.25) is 11.8 Å². The average molecular weight is 1170 g/mol. The summed E-state index contributed by atoms with van der Waals surface area (Å²) in [5.41, 5.74) is 3.83. The van der Waals surface area contributed by atoms with Crippen LogP contribution in [0, 0.1) is 23.7 Å². The van der Waals surface area contributed by atoms with Gasteiger partial charge in [0.25, 0.3) is 11.8 Å². The van der Waals surface area contributed by atoms with E-state index in [9.17, 15) is 57.9 Å². The van der Waals surface area contributed by atoms with Crippen LogP contribution in [0.2, 0.25) is 0 Å². The SMILES string of the molecule is CCS(=O)(=O)c1ccc([C@H](CO)NC(=O)c2ccc3c(OCC4CCC(C(F)(F)F)CC4)nc(C4CC4)cc3c2)cc1.CCc1cc2cc(C(=O)NCc3ccc(S(=O)(=O)CC)cc3)ccc2c(OCC2CCC(C(F)(F)F)CC2)n1. The molecule has 2 amide bonds. The number of benzene rings is 4. The molecule has 0 unspecified atom stereocenters. The summed E-state index contributed by atoms with van der Waals surface area (Å²) >= 11 is 0. The van der Waals surface area contributed by atoms with Crippen LogP contribution >= 0.6 is 0 Å². The van der Waals surface area contributed by atoms with Crippen LogP contribution in [0.1, 0.15) is 140 Å². The quantitative estimate of drug-likeness (QED) is 0.0654. The minimum absolute atomic E-state index is 0.0238. The highest BCUT2D eigenvalue weighted by atomic mass is 32.2. The third-order valence-corrected chi connectivity index (χ3v) is 19.2. The van der Waals surface area contributed by atoms with Crippen LogP contribution in [0.25, 0.3) is 21.5 Å². The molecule has 4 aromatic carbocycles. The molecule has 3 N–H and O–H groups in total. The van der Waals surface area contributed by atoms with E-state index in [2.05, 4.69) is 15.6 Å². The molecule has 2 heterocycles. The van der Waals surface area contributed by atoms with E-state index in [0.717, 1.165) is 46.0 Å². The summed E-state index contributed by atoms with van der Waals surface area (Å²) in [5.74, 6) is -1.90. The van der Waals surface area contributed by atoms with Crippen LogP contribution in [0.5, 0.6) is 11.8 Å². The highest BCUT2D eigenvalue weighted by molar-refractivity contribution is 7.91. The zero-order valence-corrected chi connectivity index (χ0v) is 47.0. The van der Waals surface area contributed by atoms with Crippen molar-refractivity contribution in [1.82, 2.24) is 20.6 Å². The number of aryl methyl sites for hydroxylation is 1. The fraction of sp³-hybridized carbons (Fsp3) is 0.467. The maximum absolute atomic E-state index is 13.2. The van der Waals surface area contributed by atoms with E-state index in [4.69, 9.17) is 14.5 Å². The number of ether oxygens (including phenoxy) is 2. The number of aliphatic hydroxyl groups excluding tert-OH is 1. The lowest BCUT2D eigenvalue weighted by Gasteiger charge is -2.29. The first kappa shape index (κ1) is 60.8. The summed E-state index contributed by atoms with van der Waals surface area (Å²) in [6, 6.07) is 26.0. The zero-order valence-electron chi connectivity index (χ0n) is 45.4. The summed E-state index contributed by atoms with van der Waals surface area (Å²) in [4.78, 5) is 35.8. The first-order valence-corrected chi connectivity index (χ1v) is 30.9. The molecule has 436 valence electrons. The number of fused-ring (bicyclic) bond motifs is 2. The van der Waals surface area contributed by atoms with E-state index < -0.39 is 55.8 Å². The summed E-state index contributed by atoms with van der Waals surface area (Å²) < 4.78 is 138. The lowest BCUT2D eigenvalue weighted by Crippen LogP contribution is -2.30. The molecule has 1 atom stereocenters. The number of carbonyl (C=O) groups is 2. The molecule has 3 fully saturated rings. The van der Waals surface area contributed by atoms with Crippen LogP contribution in [-0.2, 0) is 32.6 Å². The molecule has 21 heteroatoms. The first-order chi connectivity index (χ1) is 38.5. The Hall–Kier alpha value is -6.32. The number of halogens is 6. The number of pyridine rings is 2. The maximum atomic E-state index is 13.2. The van der Waals surface area contributed by atoms with Gasteiger partial charge in [-0.2, -0.15) is 26.3 Å². The fourth-order valence-corrected chi connectivity index (χ4v) is 12.1. The summed E-state index contributed by atoms with van der Waals surface area (Å²) in [7, 11) is -6.65. The van der Waals surface area contributed by atoms with Gasteiger partial charge in [0.15, 0.2) is 19.7 Å². The molecule has 6 aromatic rings. The van der Waals surface area contributed by atoms with Crippen LogP contribution in [0.4, 0.5) is 26.3 Å². The predicted molar refractivity (Wildman–Crippen MR) is 296 cm³/mol. The number of rotatable bonds is 19. The lowest BCUT2D eigenvalue weighted by molar-refractivity contribution is -0.185. The van der Waals surface area contributed by atoms with E-state index in [1.54, 1.807) is 86.6 Å². The number of nitrogens with zero attached hydrogens (tertiary/aromatic N) is 2. The van der Waals surface area contributed by atoms with Crippen molar-refractivity contribution in [3.63, 3.8) is 0 Å². The summed E-state index contributed by atoms with van der Waals surface area (Å²) in [5, 5.41) is 18.7. The van der Waals surface area contributed by atoms with Crippen molar-refractivity contribution in [3.8, 4) is 11.8 Å². The molecule has 0 spiro atoms. The van der Waals surface area contributed by atoms with Gasteiger partial charge in [0.1, 0.15) is 0 Å². The van der Waals surface area contributed by atoms with Gasteiger partial charge in [0, 0.05) is 45.7 Å². The van der Waals surface area contributed by atoms with Gasteiger partial charge in [-0.05, 0) is 177 Å². The molecule has 2 aromatic heterocycles. The third-order valence-electron chi connectivity index (χ3n) is 15.7. The van der Waals surface area contributed by atoms with E-state index in [-0.39, 0.29) is 77.9 Å². The smallest absolute Gasteiger partial charge is 0.391 e. The molecule has 0 aliphatic heterocycles. The van der Waals surface area contributed by atoms with E-state index in [1.165, 1.54) is 12.1 Å². The molecular weight excluding hydrogens is 1100 g/mol. The van der Waals surface area contributed by atoms with Gasteiger partial charge >= 0.3 is 12.4 Å². The minimum Gasteiger partial charge on any atom is -0.477 e. The van der Waals surface area contributed by atoms with Crippen LogP contribution in [0.3, 0.4) is 0 Å². The Morgan fingerprint density at radius 2 is 1.07 bits per heavy atom. The second-order valence-corrected chi connectivity index (χ2v) is 25.9. The van der Waals surface area contributed by atoms with Crippen molar-refractivity contribution in [1.29, 1.82) is 0 Å². The van der Waals surface area contributed by atoms with Crippen LogP contribution in [0.15, 0.2) is 107 Å². The van der Waals surface area contributed by atoms with E-state index in [0.29, 0.717) is 85.1 Å². The van der Waals surface area contributed by atoms with E-state index in [1.807, 2.05) is 19.1 Å². The molecule has 0 bridgehead atoms. The molecular formula is C60H68F6N4O9S2. The van der Waals surface area contributed by atoms with Gasteiger partial charge in [-0.1, -0.05) is 45.0 Å². The molecule has 3 saturated carbocycles. The predicted octanol–water partition coefficient (Wildman–Crippen LogP) is 12.4. The molecule has 3 aliphatic rings. The number of aliphatic hydroxyl groups is 1. The number of hydrogen-bond acceptors (Lipinski definition) is 11. The van der Waals surface area contributed by atoms with Crippen molar-refractivity contribution in [2.45, 2.75) is 132 Å². The highest BCUT2D eigenvalue weighted by Gasteiger charge is 2.42. The second-order valence-electron chi connectivity index (χ2n) is 21.3. The normalized spacial score (nSPS) is 19.3. The Morgan fingerprint density at radius 3 is 1.53 bits per heavy atom. The standard InChI is InChI=1S/C31H35F3N2O5S.C29H33F3N2O4S/c1-2-42(39,40)25-12-7-21(8-13-25)28(17-37)35-29(38)22-9-14-26-23(15-22)16-27(20-5-6-20)36-30(26)41-18-19-3-10-24(11-4-19)31(32,33)34;1-3-24-16-22-15-21(27(35)33-17-19-7-12-25(13-8-19)39(36,37)4-2)9-14-26(22)28(34-24)38-18-20-5-10-23(11-6-20)29(30,31)32/h7-9,12-16,19-20,24,28,37H,2-6,10-11,17-18H2,1H3,(H,35,38);7-9,12-16,20,23H,3-6,10-11,17-18H2,1-2H3,(H,33,35)/t19?,24?,28-;/m0./s1. The Balaban J connectivity index is 0.000000213. The number of nitrogens with one attached hydrogen (secondary N) is 2. The molecule has 13 nitrogen and oxygen atoms in total. The second kappa shape index (κ2) is 25.9. The van der Waals surface area contributed by atoms with Crippen molar-refractivity contribution < 1.29 is 67.3 Å². The molecule has 0 saturated heterocycles. The van der Waals surface area contributed by atoms with Crippen LogP contribution < -0.4 is 20.1 Å². The maximum Gasteiger partial charge on any atom is 0.391 e. The lowest BCUT2D eigenvalue weighted by atomic mass is 9.82. The Morgan fingerprint density at radius 1 is 0.605 bits per heavy atom. The monoisotopic (exact) mass is 1170 g/mol. The average Bonchev–Trinajstić information content (AvgIpc) is 4.33. The van der Waals surface area contributed by atoms with E-state index >= 15 is 0 Å². The molecule has 3 aliphatic carbocycles. The number of sulfone groups is 2. The molecule has 81 heavy (non-hydrogen) atoms. The Kier molecular flexibility index (Phi) is 19.4. The first-order valence-electron chi connectivity index (χ1n) is 27.6. The third kappa shape index (κ3) is 15.6. The number of alkyl halides is 6. The topological polar surface area (TPSA) is 191 Å². The molecule has 0 radical (unpaired) electrons. The Labute approximate surface area is 468 Å². The van der Waals surface area contributed by atoms with Crippen molar-refractivity contribution >= 4 is 53.0 Å². The van der Waals surface area contributed by atoms with Crippen LogP contribution in [-0.4, -0.2) is 87.4 Å². The van der Waals surface area contributed by atoms with Gasteiger partial charge < -0.3 is 25.2 Å². The summed E-state index contributed by atoms with van der Waals surface area (Å²) in [6.45, 7) is 5.58. The van der Waals surface area contributed by atoms with Gasteiger partial charge in [-0.3, -0.25) is 9.59 Å². The number of aromatic nitrogens is 2. The number of amides is 2. The number of hydrogen-bond donors (Lipinski definition) is 3. The van der Waals surface area contributed by atoms with Gasteiger partial charge in [0.05, 0.1) is 59.0 Å². The van der Waals surface area contributed by atoms with Crippen molar-refractivity contribution in [3.05, 3.63) is 131 Å². The number of carbonyl (C=O) groups excluding carboxylic acids is 2. The molecule has 9 rings (SSSR count). The highest BCUT2D eigenvalue weighted by Crippen LogP contribution is 2.43. The fourth-order valence-electron chi connectivity index (χ4n) is 10.3. The van der Waals surface area contributed by atoms with Gasteiger partial charge in [-0.25, -0.2) is 26.8 Å².